The molecule has 1 aliphatic rings. The van der Waals surface area contributed by atoms with Gasteiger partial charge in [-0.05, 0) is 34.4 Å². The van der Waals surface area contributed by atoms with Crippen molar-refractivity contribution in [1.82, 2.24) is 10.2 Å². The van der Waals surface area contributed by atoms with Crippen LogP contribution in [0.3, 0.4) is 0 Å². The number of carbonyl (C=O) groups is 1. The van der Waals surface area contributed by atoms with Gasteiger partial charge in [0.25, 0.3) is 5.91 Å². The van der Waals surface area contributed by atoms with Crippen molar-refractivity contribution in [3.63, 3.8) is 0 Å². The highest BCUT2D eigenvalue weighted by Crippen LogP contribution is 2.25. The quantitative estimate of drug-likeness (QED) is 0.749. The monoisotopic (exact) mass is 366 g/mol. The molecule has 1 aromatic heterocycles. The molecule has 2 aromatic carbocycles. The summed E-state index contributed by atoms with van der Waals surface area (Å²) in [6, 6.07) is 18.4. The van der Waals surface area contributed by atoms with Crippen molar-refractivity contribution in [3.8, 4) is 0 Å². The predicted octanol–water partition coefficient (Wildman–Crippen LogP) is 3.70. The number of morpholine rings is 1. The number of benzene rings is 2. The molecule has 0 saturated carbocycles. The summed E-state index contributed by atoms with van der Waals surface area (Å²) in [7, 11) is 0. The van der Waals surface area contributed by atoms with Crippen LogP contribution in [-0.4, -0.2) is 43.7 Å². The zero-order valence-electron chi connectivity index (χ0n) is 14.6. The van der Waals surface area contributed by atoms with Gasteiger partial charge in [0.2, 0.25) is 0 Å². The van der Waals surface area contributed by atoms with E-state index in [-0.39, 0.29) is 11.9 Å². The largest absolute Gasteiger partial charge is 0.379 e. The van der Waals surface area contributed by atoms with Crippen LogP contribution < -0.4 is 5.32 Å². The van der Waals surface area contributed by atoms with Gasteiger partial charge in [-0.2, -0.15) is 0 Å². The van der Waals surface area contributed by atoms with Crippen molar-refractivity contribution in [2.75, 3.05) is 32.8 Å². The van der Waals surface area contributed by atoms with Crippen molar-refractivity contribution in [1.29, 1.82) is 0 Å². The Hall–Kier alpha value is -2.21. The molecule has 0 unspecified atom stereocenters. The van der Waals surface area contributed by atoms with Gasteiger partial charge >= 0.3 is 0 Å². The van der Waals surface area contributed by atoms with Gasteiger partial charge in [-0.3, -0.25) is 9.69 Å². The van der Waals surface area contributed by atoms with Gasteiger partial charge in [-0.15, -0.1) is 11.3 Å². The molecule has 1 fully saturated rings. The third-order valence-electron chi connectivity index (χ3n) is 4.83. The van der Waals surface area contributed by atoms with Crippen molar-refractivity contribution in [2.24, 2.45) is 0 Å². The van der Waals surface area contributed by atoms with E-state index in [1.165, 1.54) is 4.88 Å². The molecule has 4 rings (SSSR count). The molecular weight excluding hydrogens is 344 g/mol. The lowest BCUT2D eigenvalue weighted by Crippen LogP contribution is -2.43. The van der Waals surface area contributed by atoms with Crippen molar-refractivity contribution >= 4 is 28.0 Å². The van der Waals surface area contributed by atoms with Crippen molar-refractivity contribution < 1.29 is 9.53 Å². The molecule has 1 amide bonds. The molecule has 1 aliphatic heterocycles. The first kappa shape index (κ1) is 17.2. The second-order valence-electron chi connectivity index (χ2n) is 6.45. The predicted molar refractivity (Wildman–Crippen MR) is 106 cm³/mol. The fourth-order valence-corrected chi connectivity index (χ4v) is 4.26. The molecule has 4 nitrogen and oxygen atoms in total. The highest BCUT2D eigenvalue weighted by Gasteiger charge is 2.24. The molecule has 1 N–H and O–H groups in total. The van der Waals surface area contributed by atoms with E-state index < -0.39 is 0 Å². The molecule has 134 valence electrons. The van der Waals surface area contributed by atoms with Gasteiger partial charge in [-0.1, -0.05) is 36.4 Å². The molecule has 26 heavy (non-hydrogen) atoms. The summed E-state index contributed by atoms with van der Waals surface area (Å²) in [5.74, 6) is -0.0226. The minimum Gasteiger partial charge on any atom is -0.379 e. The smallest absolute Gasteiger partial charge is 0.251 e. The number of amides is 1. The van der Waals surface area contributed by atoms with Gasteiger partial charge in [0.1, 0.15) is 0 Å². The van der Waals surface area contributed by atoms with Gasteiger partial charge in [-0.25, -0.2) is 0 Å². The van der Waals surface area contributed by atoms with E-state index in [0.29, 0.717) is 12.1 Å². The minimum atomic E-state index is -0.0226. The number of fused-ring (bicyclic) bond motifs is 1. The van der Waals surface area contributed by atoms with Gasteiger partial charge in [0.05, 0.1) is 19.3 Å². The molecule has 1 atom stereocenters. The second kappa shape index (κ2) is 7.99. The molecule has 0 radical (unpaired) electrons. The molecule has 0 bridgehead atoms. The first-order chi connectivity index (χ1) is 12.8. The van der Waals surface area contributed by atoms with E-state index >= 15 is 0 Å². The van der Waals surface area contributed by atoms with Gasteiger partial charge in [0, 0.05) is 30.1 Å². The molecule has 5 heteroatoms. The average Bonchev–Trinajstić information content (AvgIpc) is 3.23. The Bertz CT molecular complexity index is 873. The Kier molecular flexibility index (Phi) is 5.29. The number of nitrogens with one attached hydrogen (secondary N) is 1. The maximum Gasteiger partial charge on any atom is 0.251 e. The van der Waals surface area contributed by atoms with E-state index in [2.05, 4.69) is 33.8 Å². The van der Waals surface area contributed by atoms with E-state index in [4.69, 9.17) is 4.74 Å². The SMILES string of the molecule is O=C(NC[C@@H](c1cccs1)N1CCOCC1)c1ccc2ccccc2c1. The first-order valence-electron chi connectivity index (χ1n) is 8.93. The Labute approximate surface area is 157 Å². The number of hydrogen-bond donors (Lipinski definition) is 1. The van der Waals surface area contributed by atoms with Crippen LogP contribution in [0.25, 0.3) is 10.8 Å². The Morgan fingerprint density at radius 1 is 1.08 bits per heavy atom. The summed E-state index contributed by atoms with van der Waals surface area (Å²) in [6.45, 7) is 3.90. The second-order valence-corrected chi connectivity index (χ2v) is 7.43. The zero-order valence-corrected chi connectivity index (χ0v) is 15.4. The third kappa shape index (κ3) is 3.80. The summed E-state index contributed by atoms with van der Waals surface area (Å²) < 4.78 is 5.48. The van der Waals surface area contributed by atoms with Gasteiger partial charge in [0.15, 0.2) is 0 Å². The van der Waals surface area contributed by atoms with Crippen LogP contribution >= 0.6 is 11.3 Å². The van der Waals surface area contributed by atoms with Crippen LogP contribution in [0.2, 0.25) is 0 Å². The maximum atomic E-state index is 12.7. The standard InChI is InChI=1S/C21H22N2O2S/c24-21(18-8-7-16-4-1-2-5-17(16)14-18)22-15-19(20-6-3-13-26-20)23-9-11-25-12-10-23/h1-8,13-14,19H,9-12,15H2,(H,22,24)/t19-/m0/s1. The average molecular weight is 366 g/mol. The highest BCUT2D eigenvalue weighted by molar-refractivity contribution is 7.10. The Morgan fingerprint density at radius 2 is 1.88 bits per heavy atom. The fraction of sp³-hybridized carbons (Fsp3) is 0.286. The molecule has 3 aromatic rings. The lowest BCUT2D eigenvalue weighted by molar-refractivity contribution is 0.0169. The summed E-state index contributed by atoms with van der Waals surface area (Å²) in [4.78, 5) is 16.4. The summed E-state index contributed by atoms with van der Waals surface area (Å²) in [5.41, 5.74) is 0.704. The van der Waals surface area contributed by atoms with Crippen LogP contribution in [0.5, 0.6) is 0 Å². The van der Waals surface area contributed by atoms with Crippen molar-refractivity contribution in [2.45, 2.75) is 6.04 Å². The van der Waals surface area contributed by atoms with Crippen LogP contribution in [-0.2, 0) is 4.74 Å². The zero-order chi connectivity index (χ0) is 17.8. The van der Waals surface area contributed by atoms with Crippen LogP contribution in [0, 0.1) is 0 Å². The van der Waals surface area contributed by atoms with E-state index in [1.54, 1.807) is 11.3 Å². The highest BCUT2D eigenvalue weighted by atomic mass is 32.1. The topological polar surface area (TPSA) is 41.6 Å². The summed E-state index contributed by atoms with van der Waals surface area (Å²) >= 11 is 1.74. The van der Waals surface area contributed by atoms with Crippen molar-refractivity contribution in [3.05, 3.63) is 70.4 Å². The maximum absolute atomic E-state index is 12.7. The van der Waals surface area contributed by atoms with Crippen LogP contribution in [0.15, 0.2) is 60.0 Å². The van der Waals surface area contributed by atoms with Crippen LogP contribution in [0.4, 0.5) is 0 Å². The number of ether oxygens (including phenoxy) is 1. The van der Waals surface area contributed by atoms with Crippen LogP contribution in [0.1, 0.15) is 21.3 Å². The summed E-state index contributed by atoms with van der Waals surface area (Å²) in [5, 5.41) is 7.46. The molecule has 0 spiro atoms. The minimum absolute atomic E-state index is 0.0226. The molecule has 2 heterocycles. The van der Waals surface area contributed by atoms with E-state index in [9.17, 15) is 4.79 Å². The lowest BCUT2D eigenvalue weighted by atomic mass is 10.1. The number of thiophene rings is 1. The first-order valence-corrected chi connectivity index (χ1v) is 9.81. The van der Waals surface area contributed by atoms with E-state index in [0.717, 1.165) is 37.1 Å². The lowest BCUT2D eigenvalue weighted by Gasteiger charge is -2.34. The molecule has 0 aliphatic carbocycles. The molecular formula is C21H22N2O2S. The number of rotatable bonds is 5. The Morgan fingerprint density at radius 3 is 2.65 bits per heavy atom. The number of hydrogen-bond acceptors (Lipinski definition) is 4. The fourth-order valence-electron chi connectivity index (χ4n) is 3.40. The number of carbonyl (C=O) groups excluding carboxylic acids is 1. The summed E-state index contributed by atoms with van der Waals surface area (Å²) in [6.07, 6.45) is 0. The Balaban J connectivity index is 1.48. The van der Waals surface area contributed by atoms with Gasteiger partial charge < -0.3 is 10.1 Å². The third-order valence-corrected chi connectivity index (χ3v) is 5.80. The van der Waals surface area contributed by atoms with E-state index in [1.807, 2.05) is 36.4 Å². The number of nitrogens with zero attached hydrogens (tertiary/aromatic N) is 1. The molecule has 1 saturated heterocycles. The normalized spacial score (nSPS) is 16.5.